The van der Waals surface area contributed by atoms with Crippen molar-refractivity contribution in [3.63, 3.8) is 0 Å². The minimum absolute atomic E-state index is 0.304. The van der Waals surface area contributed by atoms with Crippen LogP contribution in [0.3, 0.4) is 0 Å². The summed E-state index contributed by atoms with van der Waals surface area (Å²) < 4.78 is 11.6. The molecular formula is C25H19BrN2O4S. The predicted molar refractivity (Wildman–Crippen MR) is 132 cm³/mol. The van der Waals surface area contributed by atoms with E-state index >= 15 is 0 Å². The standard InChI is InChI=1S/C25H19BrN2O4S/c26-19-10-6-9-18(13-19)21-16-33-25(27-21)28-23(29)14-32-24(30)15-31-22-12-5-4-11-20(22)17-7-2-1-3-8-17/h1-13,16H,14-15H2,(H,27,28,29). The summed E-state index contributed by atoms with van der Waals surface area (Å²) in [5, 5.41) is 4.92. The van der Waals surface area contributed by atoms with E-state index in [4.69, 9.17) is 9.47 Å². The zero-order valence-corrected chi connectivity index (χ0v) is 19.8. The molecule has 3 aromatic carbocycles. The van der Waals surface area contributed by atoms with Crippen molar-refractivity contribution in [3.8, 4) is 28.1 Å². The molecule has 0 fully saturated rings. The van der Waals surface area contributed by atoms with Gasteiger partial charge >= 0.3 is 5.97 Å². The lowest BCUT2D eigenvalue weighted by Gasteiger charge is -2.11. The number of hydrogen-bond acceptors (Lipinski definition) is 6. The SMILES string of the molecule is O=C(COC(=O)COc1ccccc1-c1ccccc1)Nc1nc(-c2cccc(Br)c2)cs1. The number of anilines is 1. The van der Waals surface area contributed by atoms with Gasteiger partial charge in [0.25, 0.3) is 5.91 Å². The fourth-order valence-electron chi connectivity index (χ4n) is 3.04. The molecule has 166 valence electrons. The first kappa shape index (κ1) is 22.7. The molecule has 33 heavy (non-hydrogen) atoms. The fourth-order valence-corrected chi connectivity index (χ4v) is 4.18. The smallest absolute Gasteiger partial charge is 0.344 e. The Kier molecular flexibility index (Phi) is 7.49. The third-order valence-electron chi connectivity index (χ3n) is 4.55. The maximum atomic E-state index is 12.2. The number of thiazole rings is 1. The molecule has 0 saturated heterocycles. The average molecular weight is 523 g/mol. The Hall–Kier alpha value is -3.49. The van der Waals surface area contributed by atoms with Gasteiger partial charge in [-0.15, -0.1) is 11.3 Å². The Labute approximate surface area is 203 Å². The second-order valence-electron chi connectivity index (χ2n) is 6.91. The van der Waals surface area contributed by atoms with Gasteiger partial charge in [-0.1, -0.05) is 76.6 Å². The number of benzene rings is 3. The van der Waals surface area contributed by atoms with Gasteiger partial charge in [-0.3, -0.25) is 10.1 Å². The largest absolute Gasteiger partial charge is 0.481 e. The molecule has 0 aliphatic heterocycles. The lowest BCUT2D eigenvalue weighted by molar-refractivity contribution is -0.149. The van der Waals surface area contributed by atoms with Gasteiger partial charge in [-0.2, -0.15) is 0 Å². The van der Waals surface area contributed by atoms with Gasteiger partial charge in [0.15, 0.2) is 18.3 Å². The monoisotopic (exact) mass is 522 g/mol. The van der Waals surface area contributed by atoms with Crippen molar-refractivity contribution >= 4 is 44.3 Å². The highest BCUT2D eigenvalue weighted by Gasteiger charge is 2.13. The van der Waals surface area contributed by atoms with E-state index in [9.17, 15) is 9.59 Å². The quantitative estimate of drug-likeness (QED) is 0.296. The summed E-state index contributed by atoms with van der Waals surface area (Å²) in [4.78, 5) is 28.7. The van der Waals surface area contributed by atoms with Crippen LogP contribution in [0.15, 0.2) is 88.7 Å². The van der Waals surface area contributed by atoms with Crippen LogP contribution < -0.4 is 10.1 Å². The lowest BCUT2D eigenvalue weighted by Crippen LogP contribution is -2.23. The van der Waals surface area contributed by atoms with E-state index in [0.29, 0.717) is 10.9 Å². The number of nitrogens with one attached hydrogen (secondary N) is 1. The van der Waals surface area contributed by atoms with Crippen LogP contribution in [0, 0.1) is 0 Å². The molecule has 0 unspecified atom stereocenters. The number of para-hydroxylation sites is 1. The van der Waals surface area contributed by atoms with Crippen LogP contribution in [-0.4, -0.2) is 30.1 Å². The van der Waals surface area contributed by atoms with E-state index in [1.165, 1.54) is 11.3 Å². The molecule has 0 atom stereocenters. The molecule has 1 aromatic heterocycles. The second-order valence-corrected chi connectivity index (χ2v) is 8.68. The van der Waals surface area contributed by atoms with Crippen LogP contribution in [-0.2, 0) is 14.3 Å². The van der Waals surface area contributed by atoms with E-state index in [0.717, 1.165) is 26.9 Å². The Morgan fingerprint density at radius 1 is 0.909 bits per heavy atom. The molecule has 0 bridgehead atoms. The van der Waals surface area contributed by atoms with E-state index in [-0.39, 0.29) is 6.61 Å². The van der Waals surface area contributed by atoms with E-state index in [1.54, 1.807) is 6.07 Å². The highest BCUT2D eigenvalue weighted by molar-refractivity contribution is 9.10. The third kappa shape index (κ3) is 6.27. The van der Waals surface area contributed by atoms with Gasteiger partial charge in [-0.25, -0.2) is 9.78 Å². The van der Waals surface area contributed by atoms with Crippen LogP contribution in [0.1, 0.15) is 0 Å². The van der Waals surface area contributed by atoms with Crippen molar-refractivity contribution in [1.82, 2.24) is 4.98 Å². The van der Waals surface area contributed by atoms with Crippen molar-refractivity contribution in [2.75, 3.05) is 18.5 Å². The highest BCUT2D eigenvalue weighted by Crippen LogP contribution is 2.29. The van der Waals surface area contributed by atoms with Gasteiger partial charge in [0, 0.05) is 21.0 Å². The number of rotatable bonds is 8. The van der Waals surface area contributed by atoms with Gasteiger partial charge in [0.1, 0.15) is 5.75 Å². The zero-order valence-electron chi connectivity index (χ0n) is 17.4. The normalized spacial score (nSPS) is 10.5. The molecule has 0 aliphatic rings. The van der Waals surface area contributed by atoms with Crippen molar-refractivity contribution in [2.24, 2.45) is 0 Å². The number of amides is 1. The molecule has 0 saturated carbocycles. The topological polar surface area (TPSA) is 77.5 Å². The van der Waals surface area contributed by atoms with Crippen LogP contribution in [0.2, 0.25) is 0 Å². The predicted octanol–water partition coefficient (Wildman–Crippen LogP) is 5.80. The molecule has 0 radical (unpaired) electrons. The van der Waals surface area contributed by atoms with Crippen LogP contribution in [0.4, 0.5) is 5.13 Å². The summed E-state index contributed by atoms with van der Waals surface area (Å²) in [6.45, 7) is -0.726. The molecule has 4 aromatic rings. The van der Waals surface area contributed by atoms with E-state index in [1.807, 2.05) is 78.2 Å². The summed E-state index contributed by atoms with van der Waals surface area (Å²) in [6.07, 6.45) is 0. The number of esters is 1. The number of carbonyl (C=O) groups is 2. The lowest BCUT2D eigenvalue weighted by atomic mass is 10.1. The number of nitrogens with zero attached hydrogens (tertiary/aromatic N) is 1. The molecule has 1 amide bonds. The Bertz CT molecular complexity index is 1260. The number of ether oxygens (including phenoxy) is 2. The van der Waals surface area contributed by atoms with Crippen molar-refractivity contribution in [1.29, 1.82) is 0 Å². The summed E-state index contributed by atoms with van der Waals surface area (Å²) >= 11 is 4.73. The van der Waals surface area contributed by atoms with E-state index < -0.39 is 18.5 Å². The molecule has 1 heterocycles. The second kappa shape index (κ2) is 10.9. The minimum Gasteiger partial charge on any atom is -0.481 e. The first-order valence-electron chi connectivity index (χ1n) is 10.0. The van der Waals surface area contributed by atoms with E-state index in [2.05, 4.69) is 26.2 Å². The average Bonchev–Trinajstić information content (AvgIpc) is 3.30. The molecule has 0 spiro atoms. The minimum atomic E-state index is -0.637. The third-order valence-corrected chi connectivity index (χ3v) is 5.80. The Balaban J connectivity index is 1.27. The number of halogens is 1. The fraction of sp³-hybridized carbons (Fsp3) is 0.0800. The van der Waals surface area contributed by atoms with Gasteiger partial charge in [-0.05, 0) is 23.8 Å². The maximum absolute atomic E-state index is 12.2. The molecule has 8 heteroatoms. The van der Waals surface area contributed by atoms with Crippen LogP contribution in [0.25, 0.3) is 22.4 Å². The first-order chi connectivity index (χ1) is 16.1. The molecular weight excluding hydrogens is 504 g/mol. The van der Waals surface area contributed by atoms with Crippen molar-refractivity contribution < 1.29 is 19.1 Å². The van der Waals surface area contributed by atoms with Gasteiger partial charge in [0.05, 0.1) is 5.69 Å². The highest BCUT2D eigenvalue weighted by atomic mass is 79.9. The molecule has 1 N–H and O–H groups in total. The number of aromatic nitrogens is 1. The maximum Gasteiger partial charge on any atom is 0.344 e. The number of carbonyl (C=O) groups excluding carboxylic acids is 2. The van der Waals surface area contributed by atoms with Gasteiger partial charge in [0.2, 0.25) is 0 Å². The summed E-state index contributed by atoms with van der Waals surface area (Å²) in [5.74, 6) is -0.543. The summed E-state index contributed by atoms with van der Waals surface area (Å²) in [7, 11) is 0. The molecule has 4 rings (SSSR count). The summed E-state index contributed by atoms with van der Waals surface area (Å²) in [6, 6.07) is 24.9. The van der Waals surface area contributed by atoms with Crippen molar-refractivity contribution in [3.05, 3.63) is 88.7 Å². The Morgan fingerprint density at radius 3 is 2.48 bits per heavy atom. The van der Waals surface area contributed by atoms with Gasteiger partial charge < -0.3 is 9.47 Å². The first-order valence-corrected chi connectivity index (χ1v) is 11.7. The summed E-state index contributed by atoms with van der Waals surface area (Å²) in [5.41, 5.74) is 3.53. The Morgan fingerprint density at radius 2 is 1.67 bits per heavy atom. The van der Waals surface area contributed by atoms with Crippen molar-refractivity contribution in [2.45, 2.75) is 0 Å². The molecule has 0 aliphatic carbocycles. The zero-order chi connectivity index (χ0) is 23.0. The van der Waals surface area contributed by atoms with Crippen LogP contribution in [0.5, 0.6) is 5.75 Å². The van der Waals surface area contributed by atoms with Crippen LogP contribution >= 0.6 is 27.3 Å². The molecule has 6 nitrogen and oxygen atoms in total. The number of hydrogen-bond donors (Lipinski definition) is 1.